The summed E-state index contributed by atoms with van der Waals surface area (Å²) in [4.78, 5) is 22.2. The minimum Gasteiger partial charge on any atom is -0.430 e. The molecule has 0 aromatic rings. The van der Waals surface area contributed by atoms with Crippen LogP contribution in [0.5, 0.6) is 0 Å². The average Bonchev–Trinajstić information content (AvgIpc) is 1.84. The number of halogens is 1. The van der Waals surface area contributed by atoms with Crippen LogP contribution in [0.15, 0.2) is 0 Å². The molecule has 0 radical (unpaired) electrons. The first kappa shape index (κ1) is 10.2. The lowest BCUT2D eigenvalue weighted by molar-refractivity contribution is -0.126. The molecule has 5 heteroatoms. The summed E-state index contributed by atoms with van der Waals surface area (Å²) in [5.41, 5.74) is -0.718. The lowest BCUT2D eigenvalue weighted by atomic mass is 10.6. The number of nitrogens with zero attached hydrogens (tertiary/aromatic N) is 1. The van der Waals surface area contributed by atoms with Crippen LogP contribution in [0.2, 0.25) is 0 Å². The summed E-state index contributed by atoms with van der Waals surface area (Å²) in [7, 11) is 1.32. The molecule has 4 nitrogen and oxygen atoms in total. The van der Waals surface area contributed by atoms with Gasteiger partial charge in [0.25, 0.3) is 0 Å². The van der Waals surface area contributed by atoms with Gasteiger partial charge in [-0.15, -0.1) is 0 Å². The molecule has 0 heterocycles. The van der Waals surface area contributed by atoms with Gasteiger partial charge in [0.05, 0.1) is 0 Å². The molecule has 11 heavy (non-hydrogen) atoms. The van der Waals surface area contributed by atoms with Gasteiger partial charge >= 0.3 is 6.09 Å². The Balaban J connectivity index is 3.93. The molecule has 0 N–H and O–H groups in total. The Labute approximate surface area is 70.1 Å². The molecule has 0 saturated carbocycles. The minimum atomic E-state index is -0.736. The molecular weight excluding hydrogens is 170 g/mol. The molecule has 0 rings (SSSR count). The molecule has 0 aromatic heterocycles. The van der Waals surface area contributed by atoms with Gasteiger partial charge in [-0.25, -0.2) is 4.79 Å². The van der Waals surface area contributed by atoms with Crippen LogP contribution in [0, 0.1) is 0 Å². The number of amides is 2. The van der Waals surface area contributed by atoms with Gasteiger partial charge in [-0.2, -0.15) is 0 Å². The average molecular weight is 180 g/mol. The fourth-order valence-electron chi connectivity index (χ4n) is 0.347. The summed E-state index contributed by atoms with van der Waals surface area (Å²) in [5.74, 6) is -0.382. The third-order valence-corrected chi connectivity index (χ3v) is 1.10. The maximum atomic E-state index is 10.8. The lowest BCUT2D eigenvalue weighted by Crippen LogP contribution is -2.32. The Morgan fingerprint density at radius 2 is 2.00 bits per heavy atom. The number of ether oxygens (including phenoxy) is 1. The summed E-state index contributed by atoms with van der Waals surface area (Å²) in [6.07, 6.45) is -0.736. The molecule has 0 spiro atoms. The van der Waals surface area contributed by atoms with Crippen LogP contribution in [0.3, 0.4) is 0 Å². The summed E-state index contributed by atoms with van der Waals surface area (Å²) in [6.45, 7) is 2.76. The van der Waals surface area contributed by atoms with Gasteiger partial charge < -0.3 is 4.74 Å². The zero-order valence-electron chi connectivity index (χ0n) is 6.63. The highest BCUT2D eigenvalue weighted by Gasteiger charge is 2.15. The van der Waals surface area contributed by atoms with Crippen molar-refractivity contribution >= 4 is 23.6 Å². The lowest BCUT2D eigenvalue weighted by Gasteiger charge is -2.13. The van der Waals surface area contributed by atoms with E-state index in [4.69, 9.17) is 11.6 Å². The van der Waals surface area contributed by atoms with Crippen molar-refractivity contribution in [1.29, 1.82) is 0 Å². The highest BCUT2D eigenvalue weighted by atomic mass is 35.5. The second-order valence-electron chi connectivity index (χ2n) is 2.00. The normalized spacial score (nSPS) is 12.0. The zero-order chi connectivity index (χ0) is 9.02. The summed E-state index contributed by atoms with van der Waals surface area (Å²) in [5, 5.41) is 0. The SMILES string of the molecule is CC(=O)N(C)C(=O)OC(C)Cl. The second kappa shape index (κ2) is 4.18. The number of rotatable bonds is 1. The number of imide groups is 1. The summed E-state index contributed by atoms with van der Waals surface area (Å²) >= 11 is 5.34. The molecule has 1 unspecified atom stereocenters. The van der Waals surface area contributed by atoms with Gasteiger partial charge in [0.2, 0.25) is 5.91 Å². The van der Waals surface area contributed by atoms with E-state index in [2.05, 4.69) is 4.74 Å². The van der Waals surface area contributed by atoms with E-state index >= 15 is 0 Å². The molecule has 0 aliphatic carbocycles. The van der Waals surface area contributed by atoms with Crippen LogP contribution in [-0.2, 0) is 9.53 Å². The first-order valence-corrected chi connectivity index (χ1v) is 3.47. The molecule has 0 aliphatic rings. The molecule has 0 bridgehead atoms. The Kier molecular flexibility index (Phi) is 3.89. The van der Waals surface area contributed by atoms with Crippen LogP contribution in [0.1, 0.15) is 13.8 Å². The molecule has 0 aliphatic heterocycles. The first-order valence-electron chi connectivity index (χ1n) is 3.04. The van der Waals surface area contributed by atoms with E-state index < -0.39 is 11.7 Å². The van der Waals surface area contributed by atoms with Gasteiger partial charge in [0.15, 0.2) is 5.56 Å². The fraction of sp³-hybridized carbons (Fsp3) is 0.667. The minimum absolute atomic E-state index is 0.382. The van der Waals surface area contributed by atoms with E-state index in [1.165, 1.54) is 20.9 Å². The molecular formula is C6H10ClNO3. The van der Waals surface area contributed by atoms with Crippen molar-refractivity contribution in [2.24, 2.45) is 0 Å². The van der Waals surface area contributed by atoms with E-state index in [0.29, 0.717) is 0 Å². The summed E-state index contributed by atoms with van der Waals surface area (Å²) < 4.78 is 4.50. The third kappa shape index (κ3) is 3.83. The fourth-order valence-corrected chi connectivity index (χ4v) is 0.423. The van der Waals surface area contributed by atoms with Crippen LogP contribution < -0.4 is 0 Å². The number of carbonyl (C=O) groups excluding carboxylic acids is 2. The Bertz CT molecular complexity index is 169. The van der Waals surface area contributed by atoms with Gasteiger partial charge in [0.1, 0.15) is 0 Å². The van der Waals surface area contributed by atoms with Crippen molar-refractivity contribution in [2.45, 2.75) is 19.4 Å². The van der Waals surface area contributed by atoms with E-state index in [1.54, 1.807) is 0 Å². The predicted octanol–water partition coefficient (Wildman–Crippen LogP) is 1.19. The van der Waals surface area contributed by atoms with E-state index in [1.807, 2.05) is 0 Å². The van der Waals surface area contributed by atoms with Crippen LogP contribution >= 0.6 is 11.6 Å². The maximum Gasteiger partial charge on any atom is 0.417 e. The van der Waals surface area contributed by atoms with Gasteiger partial charge in [0, 0.05) is 14.0 Å². The molecule has 64 valence electrons. The largest absolute Gasteiger partial charge is 0.430 e. The first-order chi connectivity index (χ1) is 4.95. The van der Waals surface area contributed by atoms with Gasteiger partial charge in [-0.05, 0) is 6.92 Å². The smallest absolute Gasteiger partial charge is 0.417 e. The monoisotopic (exact) mass is 179 g/mol. The number of hydrogen-bond donors (Lipinski definition) is 0. The third-order valence-electron chi connectivity index (χ3n) is 1.01. The standard InChI is InChI=1S/C6H10ClNO3/c1-4(7)11-6(10)8(3)5(2)9/h4H,1-3H3. The molecule has 0 aromatic carbocycles. The zero-order valence-corrected chi connectivity index (χ0v) is 7.38. The maximum absolute atomic E-state index is 10.8. The topological polar surface area (TPSA) is 46.6 Å². The van der Waals surface area contributed by atoms with Crippen LogP contribution in [-0.4, -0.2) is 29.5 Å². The highest BCUT2D eigenvalue weighted by Crippen LogP contribution is 1.99. The van der Waals surface area contributed by atoms with Crippen molar-refractivity contribution in [3.05, 3.63) is 0 Å². The Morgan fingerprint density at radius 3 is 2.27 bits per heavy atom. The Hall–Kier alpha value is -0.770. The number of hydrogen-bond acceptors (Lipinski definition) is 3. The molecule has 0 fully saturated rings. The number of carbonyl (C=O) groups is 2. The number of alkyl halides is 1. The van der Waals surface area contributed by atoms with Gasteiger partial charge in [-0.3, -0.25) is 9.69 Å². The van der Waals surface area contributed by atoms with Crippen molar-refractivity contribution < 1.29 is 14.3 Å². The van der Waals surface area contributed by atoms with E-state index in [0.717, 1.165) is 4.90 Å². The molecule has 1 atom stereocenters. The molecule has 0 saturated heterocycles. The van der Waals surface area contributed by atoms with Crippen molar-refractivity contribution in [3.63, 3.8) is 0 Å². The molecule has 2 amide bonds. The Morgan fingerprint density at radius 1 is 1.55 bits per heavy atom. The van der Waals surface area contributed by atoms with Crippen molar-refractivity contribution in [3.8, 4) is 0 Å². The predicted molar refractivity (Wildman–Crippen MR) is 40.2 cm³/mol. The quantitative estimate of drug-likeness (QED) is 0.568. The van der Waals surface area contributed by atoms with E-state index in [9.17, 15) is 9.59 Å². The second-order valence-corrected chi connectivity index (χ2v) is 2.62. The van der Waals surface area contributed by atoms with Crippen LogP contribution in [0.4, 0.5) is 4.79 Å². The van der Waals surface area contributed by atoms with Crippen LogP contribution in [0.25, 0.3) is 0 Å². The van der Waals surface area contributed by atoms with E-state index in [-0.39, 0.29) is 5.91 Å². The van der Waals surface area contributed by atoms with Gasteiger partial charge in [-0.1, -0.05) is 11.6 Å². The highest BCUT2D eigenvalue weighted by molar-refractivity contribution is 6.20. The summed E-state index contributed by atoms with van der Waals surface area (Å²) in [6, 6.07) is 0. The van der Waals surface area contributed by atoms with Crippen molar-refractivity contribution in [1.82, 2.24) is 4.90 Å². The van der Waals surface area contributed by atoms with Crippen molar-refractivity contribution in [2.75, 3.05) is 7.05 Å².